The Bertz CT molecular complexity index is 778. The van der Waals surface area contributed by atoms with Crippen molar-refractivity contribution in [3.05, 3.63) is 35.5 Å². The first-order chi connectivity index (χ1) is 13.1. The second-order valence-electron chi connectivity index (χ2n) is 7.84. The maximum absolute atomic E-state index is 5.52. The van der Waals surface area contributed by atoms with Crippen LogP contribution in [0.1, 0.15) is 37.0 Å². The summed E-state index contributed by atoms with van der Waals surface area (Å²) in [5.41, 5.74) is 1.51. The van der Waals surface area contributed by atoms with Crippen LogP contribution in [-0.2, 0) is 24.1 Å². The monoisotopic (exact) mass is 373 g/mol. The second kappa shape index (κ2) is 7.86. The molecule has 146 valence electrons. The molecule has 0 amide bonds. The third-order valence-electron chi connectivity index (χ3n) is 5.33. The maximum Gasteiger partial charge on any atom is 0.240 e. The van der Waals surface area contributed by atoms with Gasteiger partial charge in [-0.05, 0) is 48.9 Å². The van der Waals surface area contributed by atoms with E-state index in [1.165, 1.54) is 18.4 Å². The van der Waals surface area contributed by atoms with Crippen LogP contribution >= 0.6 is 0 Å². The van der Waals surface area contributed by atoms with Gasteiger partial charge in [-0.1, -0.05) is 18.1 Å². The molecule has 1 aromatic heterocycles. The van der Waals surface area contributed by atoms with Crippen molar-refractivity contribution in [1.29, 1.82) is 0 Å². The molecule has 0 spiro atoms. The van der Waals surface area contributed by atoms with E-state index in [9.17, 15) is 0 Å². The minimum atomic E-state index is 0.213. The van der Waals surface area contributed by atoms with Gasteiger partial charge in [-0.15, -0.1) is 0 Å². The van der Waals surface area contributed by atoms with Crippen molar-refractivity contribution < 1.29 is 18.7 Å². The van der Waals surface area contributed by atoms with Gasteiger partial charge in [-0.25, -0.2) is 0 Å². The molecule has 1 saturated heterocycles. The van der Waals surface area contributed by atoms with Crippen LogP contribution in [0.4, 0.5) is 0 Å². The summed E-state index contributed by atoms with van der Waals surface area (Å²) in [6.45, 7) is 6.07. The van der Waals surface area contributed by atoms with Gasteiger partial charge in [0.25, 0.3) is 0 Å². The van der Waals surface area contributed by atoms with Gasteiger partial charge in [0.1, 0.15) is 0 Å². The Balaban J connectivity index is 1.37. The number of hydrogen-bond donors (Lipinski definition) is 0. The van der Waals surface area contributed by atoms with Gasteiger partial charge >= 0.3 is 0 Å². The number of aromatic nitrogens is 2. The van der Waals surface area contributed by atoms with Crippen LogP contribution < -0.4 is 9.47 Å². The maximum atomic E-state index is 5.52. The Kier molecular flexibility index (Phi) is 5.31. The molecule has 0 bridgehead atoms. The molecule has 2 aliphatic rings. The molecule has 0 N–H and O–H groups in total. The Morgan fingerprint density at radius 2 is 2.15 bits per heavy atom. The second-order valence-corrected chi connectivity index (χ2v) is 7.84. The van der Waals surface area contributed by atoms with Crippen molar-refractivity contribution >= 4 is 0 Å². The SMILES string of the molecule is COCCc1noc(CN2CCC[C@@](C)(Cc3ccc4c(c3)OCO4)C2)n1. The van der Waals surface area contributed by atoms with Gasteiger partial charge in [0, 0.05) is 20.1 Å². The number of ether oxygens (including phenoxy) is 3. The highest BCUT2D eigenvalue weighted by molar-refractivity contribution is 5.44. The lowest BCUT2D eigenvalue weighted by Gasteiger charge is -2.40. The Hall–Kier alpha value is -2.12. The molecule has 2 aromatic rings. The Labute approximate surface area is 159 Å². The first-order valence-corrected chi connectivity index (χ1v) is 9.55. The average Bonchev–Trinajstić information content (AvgIpc) is 3.28. The lowest BCUT2D eigenvalue weighted by Crippen LogP contribution is -2.42. The largest absolute Gasteiger partial charge is 0.454 e. The molecule has 4 rings (SSSR count). The highest BCUT2D eigenvalue weighted by Crippen LogP contribution is 2.37. The van der Waals surface area contributed by atoms with Crippen molar-refractivity contribution in [1.82, 2.24) is 15.0 Å². The third kappa shape index (κ3) is 4.42. The molecular weight excluding hydrogens is 346 g/mol. The van der Waals surface area contributed by atoms with Gasteiger partial charge in [0.05, 0.1) is 13.2 Å². The summed E-state index contributed by atoms with van der Waals surface area (Å²) in [6, 6.07) is 6.28. The number of benzene rings is 1. The van der Waals surface area contributed by atoms with E-state index < -0.39 is 0 Å². The summed E-state index contributed by atoms with van der Waals surface area (Å²) in [6.07, 6.45) is 4.08. The highest BCUT2D eigenvalue weighted by Gasteiger charge is 2.32. The highest BCUT2D eigenvalue weighted by atomic mass is 16.7. The van der Waals surface area contributed by atoms with Crippen LogP contribution in [0.5, 0.6) is 11.5 Å². The van der Waals surface area contributed by atoms with E-state index in [1.807, 2.05) is 6.07 Å². The lowest BCUT2D eigenvalue weighted by molar-refractivity contribution is 0.0876. The van der Waals surface area contributed by atoms with E-state index >= 15 is 0 Å². The number of piperidine rings is 1. The molecule has 27 heavy (non-hydrogen) atoms. The number of fused-ring (bicyclic) bond motifs is 1. The molecule has 2 aliphatic heterocycles. The first kappa shape index (κ1) is 18.3. The van der Waals surface area contributed by atoms with Gasteiger partial charge < -0.3 is 18.7 Å². The van der Waals surface area contributed by atoms with Crippen LogP contribution in [-0.4, -0.2) is 48.6 Å². The molecule has 3 heterocycles. The van der Waals surface area contributed by atoms with Gasteiger partial charge in [-0.2, -0.15) is 4.98 Å². The quantitative estimate of drug-likeness (QED) is 0.739. The molecule has 1 aromatic carbocycles. The zero-order valence-electron chi connectivity index (χ0n) is 16.1. The fraction of sp³-hybridized carbons (Fsp3) is 0.600. The normalized spacial score (nSPS) is 22.3. The van der Waals surface area contributed by atoms with Gasteiger partial charge in [0.2, 0.25) is 12.7 Å². The van der Waals surface area contributed by atoms with E-state index in [-0.39, 0.29) is 5.41 Å². The van der Waals surface area contributed by atoms with E-state index in [4.69, 9.17) is 18.7 Å². The summed E-state index contributed by atoms with van der Waals surface area (Å²) in [4.78, 5) is 6.90. The molecule has 0 aliphatic carbocycles. The van der Waals surface area contributed by atoms with Gasteiger partial charge in [-0.3, -0.25) is 4.90 Å². The fourth-order valence-corrected chi connectivity index (χ4v) is 4.09. The summed E-state index contributed by atoms with van der Waals surface area (Å²) in [5, 5.41) is 4.04. The number of likely N-dealkylation sites (tertiary alicyclic amines) is 1. The van der Waals surface area contributed by atoms with Crippen LogP contribution in [0.25, 0.3) is 0 Å². The molecule has 0 radical (unpaired) electrons. The summed E-state index contributed by atoms with van der Waals surface area (Å²) < 4.78 is 21.4. The van der Waals surface area contributed by atoms with Crippen LogP contribution in [0.15, 0.2) is 22.7 Å². The minimum Gasteiger partial charge on any atom is -0.454 e. The number of rotatable bonds is 7. The van der Waals surface area contributed by atoms with Crippen molar-refractivity contribution in [3.8, 4) is 11.5 Å². The topological polar surface area (TPSA) is 69.9 Å². The number of nitrogens with zero attached hydrogens (tertiary/aromatic N) is 3. The zero-order valence-corrected chi connectivity index (χ0v) is 16.1. The number of hydrogen-bond acceptors (Lipinski definition) is 7. The van der Waals surface area contributed by atoms with Gasteiger partial charge in [0.15, 0.2) is 17.3 Å². The van der Waals surface area contributed by atoms with E-state index in [0.717, 1.165) is 31.0 Å². The van der Waals surface area contributed by atoms with Crippen molar-refractivity contribution in [2.75, 3.05) is 33.6 Å². The smallest absolute Gasteiger partial charge is 0.240 e. The van der Waals surface area contributed by atoms with Crippen LogP contribution in [0.2, 0.25) is 0 Å². The molecule has 0 saturated carbocycles. The average molecular weight is 373 g/mol. The van der Waals surface area contributed by atoms with Crippen molar-refractivity contribution in [3.63, 3.8) is 0 Å². The summed E-state index contributed by atoms with van der Waals surface area (Å²) >= 11 is 0. The fourth-order valence-electron chi connectivity index (χ4n) is 4.09. The predicted molar refractivity (Wildman–Crippen MR) is 98.8 cm³/mol. The zero-order chi connectivity index (χ0) is 18.7. The van der Waals surface area contributed by atoms with E-state index in [2.05, 4.69) is 34.1 Å². The molecular formula is C20H27N3O4. The Morgan fingerprint density at radius 1 is 1.26 bits per heavy atom. The van der Waals surface area contributed by atoms with Crippen LogP contribution in [0, 0.1) is 5.41 Å². The molecule has 1 atom stereocenters. The lowest BCUT2D eigenvalue weighted by atomic mass is 9.77. The van der Waals surface area contributed by atoms with Crippen LogP contribution in [0.3, 0.4) is 0 Å². The first-order valence-electron chi connectivity index (χ1n) is 9.55. The summed E-state index contributed by atoms with van der Waals surface area (Å²) in [7, 11) is 1.68. The predicted octanol–water partition coefficient (Wildman–Crippen LogP) is 2.83. The number of methoxy groups -OCH3 is 1. The van der Waals surface area contributed by atoms with Crippen molar-refractivity contribution in [2.24, 2.45) is 5.41 Å². The Morgan fingerprint density at radius 3 is 3.04 bits per heavy atom. The minimum absolute atomic E-state index is 0.213. The molecule has 0 unspecified atom stereocenters. The standard InChI is InChI=1S/C20H27N3O4/c1-20(11-15-4-5-16-17(10-15)26-14-25-16)7-3-8-23(13-20)12-19-21-18(22-27-19)6-9-24-2/h4-5,10H,3,6-9,11-14H2,1-2H3/t20-/m0/s1. The van der Waals surface area contributed by atoms with E-state index in [1.54, 1.807) is 7.11 Å². The summed E-state index contributed by atoms with van der Waals surface area (Å²) in [5.74, 6) is 3.11. The molecule has 7 heteroatoms. The van der Waals surface area contributed by atoms with Crippen molar-refractivity contribution in [2.45, 2.75) is 39.2 Å². The third-order valence-corrected chi connectivity index (χ3v) is 5.33. The molecule has 7 nitrogen and oxygen atoms in total. The molecule has 1 fully saturated rings. The van der Waals surface area contributed by atoms with E-state index in [0.29, 0.717) is 38.1 Å².